The summed E-state index contributed by atoms with van der Waals surface area (Å²) in [7, 11) is 3.51. The van der Waals surface area contributed by atoms with Crippen LogP contribution in [-0.2, 0) is 20.4 Å². The van der Waals surface area contributed by atoms with E-state index >= 15 is 0 Å². The van der Waals surface area contributed by atoms with Crippen LogP contribution in [0.15, 0.2) is 68.5 Å². The molecule has 180 valence electrons. The SMILES string of the molecule is COc1cccc(OC)c1C1=C[CH]([Zr+2]([C]2=C(C)C(C)=C(C)C2C)=[Si](C)C)c2ccccc21.[Cl-].[Cl-]. The first-order valence-electron chi connectivity index (χ1n) is 11.4. The molecule has 2 aliphatic rings. The van der Waals surface area contributed by atoms with E-state index in [2.05, 4.69) is 71.1 Å². The van der Waals surface area contributed by atoms with Crippen molar-refractivity contribution in [1.82, 2.24) is 0 Å². The molecular weight excluding hydrogens is 559 g/mol. The minimum Gasteiger partial charge on any atom is -1.00 e. The number of methoxy groups -OCH3 is 2. The molecule has 0 N–H and O–H groups in total. The fraction of sp³-hybridized carbons (Fsp3) is 0.357. The summed E-state index contributed by atoms with van der Waals surface area (Å²) in [6, 6.07) is 15.2. The molecular formula is C28H34Cl2O2SiZr. The number of hydrogen-bond acceptors (Lipinski definition) is 2. The summed E-state index contributed by atoms with van der Waals surface area (Å²) in [5, 5.41) is 0. The molecule has 2 unspecified atom stereocenters. The number of allylic oxidation sites excluding steroid dienone is 5. The Kier molecular flexibility index (Phi) is 10.1. The summed E-state index contributed by atoms with van der Waals surface area (Å²) in [5.74, 6) is 2.37. The van der Waals surface area contributed by atoms with Crippen molar-refractivity contribution in [2.45, 2.75) is 44.4 Å². The summed E-state index contributed by atoms with van der Waals surface area (Å²) >= 11 is -2.03. The van der Waals surface area contributed by atoms with Gasteiger partial charge in [-0.2, -0.15) is 0 Å². The summed E-state index contributed by atoms with van der Waals surface area (Å²) in [6.07, 6.45) is 2.59. The van der Waals surface area contributed by atoms with E-state index in [4.69, 9.17) is 9.47 Å². The van der Waals surface area contributed by atoms with E-state index in [1.54, 1.807) is 25.4 Å². The van der Waals surface area contributed by atoms with Crippen molar-refractivity contribution in [1.29, 1.82) is 0 Å². The van der Waals surface area contributed by atoms with Crippen molar-refractivity contribution in [3.63, 3.8) is 0 Å². The Hall–Kier alpha value is -1.06. The zero-order valence-corrected chi connectivity index (χ0v) is 26.3. The first-order chi connectivity index (χ1) is 15.3. The fourth-order valence-corrected chi connectivity index (χ4v) is 25.2. The molecule has 0 aliphatic heterocycles. The Labute approximate surface area is 225 Å². The van der Waals surface area contributed by atoms with Gasteiger partial charge < -0.3 is 24.8 Å². The monoisotopic (exact) mass is 590 g/mol. The quantitative estimate of drug-likeness (QED) is 0.488. The molecule has 0 amide bonds. The third-order valence-corrected chi connectivity index (χ3v) is 26.0. The van der Waals surface area contributed by atoms with Gasteiger partial charge in [-0.05, 0) is 0 Å². The molecule has 0 radical (unpaired) electrons. The van der Waals surface area contributed by atoms with E-state index < -0.39 is 25.8 Å². The first kappa shape index (κ1) is 29.2. The van der Waals surface area contributed by atoms with Crippen LogP contribution in [-0.4, -0.2) is 19.7 Å². The Morgan fingerprint density at radius 2 is 1.41 bits per heavy atom. The van der Waals surface area contributed by atoms with Crippen LogP contribution in [0.1, 0.15) is 48.0 Å². The standard InChI is InChI=1S/C17H15O2.C9H13.C2H6Si.2ClH.Zr/c1-18-15-8-5-9-16(19-2)17(15)14-11-10-12-6-3-4-7-13(12)14;1-6-5-7(2)9(4)8(6)3;1-3-2;;;/h3-11H,1-2H3;6H,1-4H3;1-2H3;2*1H;/q;;;;;+2/p-2. The van der Waals surface area contributed by atoms with Gasteiger partial charge in [-0.25, -0.2) is 0 Å². The van der Waals surface area contributed by atoms with Gasteiger partial charge in [0.05, 0.1) is 0 Å². The number of rotatable bonds is 5. The topological polar surface area (TPSA) is 18.5 Å². The molecule has 2 aliphatic carbocycles. The van der Waals surface area contributed by atoms with Gasteiger partial charge in [0.1, 0.15) is 0 Å². The van der Waals surface area contributed by atoms with Crippen LogP contribution in [0.25, 0.3) is 5.57 Å². The molecule has 2 atom stereocenters. The molecule has 0 saturated heterocycles. The summed E-state index contributed by atoms with van der Waals surface area (Å²) in [4.78, 5) is 0. The largest absolute Gasteiger partial charge is 1.00 e. The molecule has 0 saturated carbocycles. The molecule has 2 nitrogen and oxygen atoms in total. The minimum absolute atomic E-state index is 0. The number of halogens is 2. The molecule has 0 aromatic heterocycles. The van der Waals surface area contributed by atoms with Crippen LogP contribution >= 0.6 is 0 Å². The van der Waals surface area contributed by atoms with Crippen LogP contribution < -0.4 is 34.3 Å². The van der Waals surface area contributed by atoms with Crippen molar-refractivity contribution in [2.75, 3.05) is 14.2 Å². The minimum atomic E-state index is -2.03. The van der Waals surface area contributed by atoms with Gasteiger partial charge in [0.25, 0.3) is 0 Å². The maximum Gasteiger partial charge on any atom is -1.00 e. The number of benzene rings is 2. The van der Waals surface area contributed by atoms with Gasteiger partial charge in [0.2, 0.25) is 0 Å². The van der Waals surface area contributed by atoms with Crippen LogP contribution in [0.3, 0.4) is 0 Å². The van der Waals surface area contributed by atoms with Crippen molar-refractivity contribution in [2.24, 2.45) is 5.92 Å². The second-order valence-corrected chi connectivity index (χ2v) is 26.6. The van der Waals surface area contributed by atoms with E-state index in [0.29, 0.717) is 9.54 Å². The van der Waals surface area contributed by atoms with Gasteiger partial charge >= 0.3 is 202 Å². The van der Waals surface area contributed by atoms with Gasteiger partial charge in [0, 0.05) is 0 Å². The van der Waals surface area contributed by atoms with Crippen LogP contribution in [0.4, 0.5) is 0 Å². The van der Waals surface area contributed by atoms with E-state index in [1.807, 2.05) is 21.5 Å². The van der Waals surface area contributed by atoms with Crippen molar-refractivity contribution in [3.8, 4) is 11.5 Å². The molecule has 2 aromatic rings. The van der Waals surface area contributed by atoms with E-state index in [9.17, 15) is 0 Å². The van der Waals surface area contributed by atoms with E-state index in [1.165, 1.54) is 22.3 Å². The average molecular weight is 593 g/mol. The predicted octanol–water partition coefficient (Wildman–Crippen LogP) is 1.33. The van der Waals surface area contributed by atoms with Gasteiger partial charge in [-0.15, -0.1) is 0 Å². The smallest absolute Gasteiger partial charge is 1.00 e. The predicted molar refractivity (Wildman–Crippen MR) is 134 cm³/mol. The third-order valence-electron chi connectivity index (χ3n) is 7.40. The van der Waals surface area contributed by atoms with Gasteiger partial charge in [-0.1, -0.05) is 0 Å². The van der Waals surface area contributed by atoms with Crippen molar-refractivity contribution in [3.05, 3.63) is 85.2 Å². The van der Waals surface area contributed by atoms with Crippen LogP contribution in [0, 0.1) is 5.92 Å². The van der Waals surface area contributed by atoms with Crippen LogP contribution in [0.2, 0.25) is 13.1 Å². The first-order valence-corrected chi connectivity index (χ1v) is 20.2. The number of hydrogen-bond donors (Lipinski definition) is 0. The molecule has 0 spiro atoms. The van der Waals surface area contributed by atoms with Crippen molar-refractivity contribution < 1.29 is 54.7 Å². The Bertz CT molecular complexity index is 1200. The fourth-order valence-electron chi connectivity index (χ4n) is 5.48. The Morgan fingerprint density at radius 1 is 0.824 bits per heavy atom. The van der Waals surface area contributed by atoms with Crippen molar-refractivity contribution >= 4 is 11.0 Å². The molecule has 6 heteroatoms. The van der Waals surface area contributed by atoms with E-state index in [0.717, 1.165) is 17.1 Å². The maximum atomic E-state index is 5.81. The summed E-state index contributed by atoms with van der Waals surface area (Å²) in [5.41, 5.74) is 9.55. The normalized spacial score (nSPS) is 18.4. The molecule has 2 aromatic carbocycles. The molecule has 34 heavy (non-hydrogen) atoms. The third kappa shape index (κ3) is 4.81. The zero-order valence-electron chi connectivity index (χ0n) is 21.3. The molecule has 4 rings (SSSR count). The average Bonchev–Trinajstić information content (AvgIpc) is 3.26. The second-order valence-electron chi connectivity index (χ2n) is 9.16. The van der Waals surface area contributed by atoms with Gasteiger partial charge in [-0.3, -0.25) is 0 Å². The zero-order chi connectivity index (χ0) is 23.2. The number of ether oxygens (including phenoxy) is 2. The summed E-state index contributed by atoms with van der Waals surface area (Å²) in [6.45, 7) is 14.6. The maximum absolute atomic E-state index is 5.81. The number of fused-ring (bicyclic) bond motifs is 1. The molecule has 0 fully saturated rings. The van der Waals surface area contributed by atoms with Gasteiger partial charge in [0.15, 0.2) is 0 Å². The molecule has 0 bridgehead atoms. The summed E-state index contributed by atoms with van der Waals surface area (Å²) < 4.78 is 14.0. The molecule has 0 heterocycles. The van der Waals surface area contributed by atoms with E-state index in [-0.39, 0.29) is 24.8 Å². The Morgan fingerprint density at radius 3 is 1.91 bits per heavy atom. The Balaban J connectivity index is 0.00000204. The van der Waals surface area contributed by atoms with Crippen LogP contribution in [0.5, 0.6) is 11.5 Å². The second kappa shape index (κ2) is 11.8.